The van der Waals surface area contributed by atoms with E-state index in [0.717, 1.165) is 11.3 Å². The SMILES string of the molecule is Cc1noc(C)c1CNC(=O)c1cncc(Cl)n1. The Morgan fingerprint density at radius 2 is 2.22 bits per heavy atom. The van der Waals surface area contributed by atoms with Crippen LogP contribution in [0.2, 0.25) is 5.15 Å². The molecule has 0 saturated carbocycles. The molecule has 2 aromatic heterocycles. The summed E-state index contributed by atoms with van der Waals surface area (Å²) in [5, 5.41) is 6.70. The molecule has 0 aromatic carbocycles. The summed E-state index contributed by atoms with van der Waals surface area (Å²) in [7, 11) is 0. The lowest BCUT2D eigenvalue weighted by molar-refractivity contribution is 0.0945. The molecular weight excluding hydrogens is 256 g/mol. The Bertz CT molecular complexity index is 563. The van der Waals surface area contributed by atoms with Gasteiger partial charge in [-0.25, -0.2) is 4.98 Å². The number of aromatic nitrogens is 3. The van der Waals surface area contributed by atoms with Gasteiger partial charge < -0.3 is 9.84 Å². The van der Waals surface area contributed by atoms with Crippen molar-refractivity contribution >= 4 is 17.5 Å². The lowest BCUT2D eigenvalue weighted by Crippen LogP contribution is -2.24. The van der Waals surface area contributed by atoms with E-state index >= 15 is 0 Å². The maximum absolute atomic E-state index is 11.8. The molecule has 6 nitrogen and oxygen atoms in total. The lowest BCUT2D eigenvalue weighted by atomic mass is 10.2. The maximum Gasteiger partial charge on any atom is 0.271 e. The second kappa shape index (κ2) is 5.14. The van der Waals surface area contributed by atoms with Crippen molar-refractivity contribution in [3.05, 3.63) is 40.3 Å². The minimum Gasteiger partial charge on any atom is -0.361 e. The minimum atomic E-state index is -0.343. The van der Waals surface area contributed by atoms with E-state index < -0.39 is 0 Å². The number of aryl methyl sites for hydroxylation is 2. The summed E-state index contributed by atoms with van der Waals surface area (Å²) in [5.74, 6) is 0.343. The third kappa shape index (κ3) is 2.65. The van der Waals surface area contributed by atoms with Crippen LogP contribution in [-0.2, 0) is 6.54 Å². The van der Waals surface area contributed by atoms with Gasteiger partial charge in [-0.05, 0) is 13.8 Å². The van der Waals surface area contributed by atoms with E-state index in [1.54, 1.807) is 6.92 Å². The van der Waals surface area contributed by atoms with E-state index in [9.17, 15) is 4.79 Å². The van der Waals surface area contributed by atoms with Crippen molar-refractivity contribution in [2.45, 2.75) is 20.4 Å². The molecule has 0 bridgehead atoms. The molecule has 0 saturated heterocycles. The van der Waals surface area contributed by atoms with Crippen LogP contribution in [0, 0.1) is 13.8 Å². The zero-order chi connectivity index (χ0) is 13.1. The van der Waals surface area contributed by atoms with E-state index in [1.807, 2.05) is 6.92 Å². The quantitative estimate of drug-likeness (QED) is 0.914. The molecule has 0 spiro atoms. The Hall–Kier alpha value is -1.95. The number of hydrogen-bond donors (Lipinski definition) is 1. The maximum atomic E-state index is 11.8. The highest BCUT2D eigenvalue weighted by Crippen LogP contribution is 2.11. The average molecular weight is 267 g/mol. The van der Waals surface area contributed by atoms with Gasteiger partial charge >= 0.3 is 0 Å². The Morgan fingerprint density at radius 1 is 1.44 bits per heavy atom. The van der Waals surface area contributed by atoms with Crippen LogP contribution < -0.4 is 5.32 Å². The molecule has 0 aliphatic rings. The molecule has 94 valence electrons. The summed E-state index contributed by atoms with van der Waals surface area (Å²) >= 11 is 5.66. The Morgan fingerprint density at radius 3 is 2.83 bits per heavy atom. The van der Waals surface area contributed by atoms with Crippen LogP contribution in [0.25, 0.3) is 0 Å². The predicted octanol–water partition coefficient (Wildman–Crippen LogP) is 1.66. The molecule has 0 radical (unpaired) electrons. The number of carbonyl (C=O) groups excluding carboxylic acids is 1. The fourth-order valence-corrected chi connectivity index (χ4v) is 1.61. The van der Waals surface area contributed by atoms with Crippen molar-refractivity contribution in [3.63, 3.8) is 0 Å². The van der Waals surface area contributed by atoms with E-state index in [1.165, 1.54) is 12.4 Å². The van der Waals surface area contributed by atoms with Gasteiger partial charge in [0.2, 0.25) is 0 Å². The van der Waals surface area contributed by atoms with Gasteiger partial charge in [-0.1, -0.05) is 16.8 Å². The molecule has 18 heavy (non-hydrogen) atoms. The van der Waals surface area contributed by atoms with Crippen LogP contribution in [0.15, 0.2) is 16.9 Å². The smallest absolute Gasteiger partial charge is 0.271 e. The summed E-state index contributed by atoms with van der Waals surface area (Å²) < 4.78 is 5.00. The highest BCUT2D eigenvalue weighted by atomic mass is 35.5. The van der Waals surface area contributed by atoms with Gasteiger partial charge in [0.25, 0.3) is 5.91 Å². The van der Waals surface area contributed by atoms with E-state index in [-0.39, 0.29) is 16.8 Å². The molecule has 2 heterocycles. The standard InChI is InChI=1S/C11H11ClN4O2/c1-6-8(7(2)18-16-6)3-14-11(17)9-4-13-5-10(12)15-9/h4-5H,3H2,1-2H3,(H,14,17). The van der Waals surface area contributed by atoms with Crippen LogP contribution in [0.4, 0.5) is 0 Å². The van der Waals surface area contributed by atoms with Crippen molar-refractivity contribution in [2.24, 2.45) is 0 Å². The van der Waals surface area contributed by atoms with E-state index in [2.05, 4.69) is 20.4 Å². The molecule has 2 rings (SSSR count). The van der Waals surface area contributed by atoms with Crippen LogP contribution in [-0.4, -0.2) is 21.0 Å². The Kier molecular flexibility index (Phi) is 3.57. The largest absolute Gasteiger partial charge is 0.361 e. The summed E-state index contributed by atoms with van der Waals surface area (Å²) in [5.41, 5.74) is 1.79. The van der Waals surface area contributed by atoms with Gasteiger partial charge in [0.05, 0.1) is 18.1 Å². The van der Waals surface area contributed by atoms with Crippen molar-refractivity contribution in [3.8, 4) is 0 Å². The highest BCUT2D eigenvalue weighted by molar-refractivity contribution is 6.29. The van der Waals surface area contributed by atoms with Crippen LogP contribution >= 0.6 is 11.6 Å². The predicted molar refractivity (Wildman–Crippen MR) is 64.2 cm³/mol. The molecule has 0 unspecified atom stereocenters. The van der Waals surface area contributed by atoms with Gasteiger partial charge in [0.1, 0.15) is 16.6 Å². The molecule has 2 aromatic rings. The van der Waals surface area contributed by atoms with Gasteiger partial charge in [-0.15, -0.1) is 0 Å². The summed E-state index contributed by atoms with van der Waals surface area (Å²) in [6.45, 7) is 3.94. The molecule has 7 heteroatoms. The highest BCUT2D eigenvalue weighted by Gasteiger charge is 2.12. The summed E-state index contributed by atoms with van der Waals surface area (Å²) in [6.07, 6.45) is 2.72. The third-order valence-corrected chi connectivity index (χ3v) is 2.63. The zero-order valence-electron chi connectivity index (χ0n) is 9.90. The second-order valence-electron chi connectivity index (χ2n) is 3.71. The molecular formula is C11H11ClN4O2. The number of halogens is 1. The Balaban J connectivity index is 2.05. The average Bonchev–Trinajstić information content (AvgIpc) is 2.66. The second-order valence-corrected chi connectivity index (χ2v) is 4.10. The van der Waals surface area contributed by atoms with Crippen molar-refractivity contribution in [1.82, 2.24) is 20.4 Å². The topological polar surface area (TPSA) is 80.9 Å². The fourth-order valence-electron chi connectivity index (χ4n) is 1.47. The number of amides is 1. The van der Waals surface area contributed by atoms with E-state index in [4.69, 9.17) is 16.1 Å². The van der Waals surface area contributed by atoms with Gasteiger partial charge in [-0.3, -0.25) is 9.78 Å². The van der Waals surface area contributed by atoms with Crippen molar-refractivity contribution in [2.75, 3.05) is 0 Å². The van der Waals surface area contributed by atoms with Gasteiger partial charge in [-0.2, -0.15) is 0 Å². The van der Waals surface area contributed by atoms with Crippen molar-refractivity contribution in [1.29, 1.82) is 0 Å². The number of rotatable bonds is 3. The van der Waals surface area contributed by atoms with Crippen molar-refractivity contribution < 1.29 is 9.32 Å². The molecule has 0 aliphatic carbocycles. The lowest BCUT2D eigenvalue weighted by Gasteiger charge is -2.04. The van der Waals surface area contributed by atoms with Gasteiger partial charge in [0.15, 0.2) is 0 Å². The van der Waals surface area contributed by atoms with Crippen LogP contribution in [0.3, 0.4) is 0 Å². The number of carbonyl (C=O) groups is 1. The first-order valence-corrected chi connectivity index (χ1v) is 5.63. The first-order valence-electron chi connectivity index (χ1n) is 5.25. The van der Waals surface area contributed by atoms with Gasteiger partial charge in [0, 0.05) is 12.1 Å². The van der Waals surface area contributed by atoms with E-state index in [0.29, 0.717) is 12.3 Å². The number of nitrogens with one attached hydrogen (secondary N) is 1. The number of hydrogen-bond acceptors (Lipinski definition) is 5. The Labute approximate surface area is 108 Å². The monoisotopic (exact) mass is 266 g/mol. The molecule has 0 atom stereocenters. The fraction of sp³-hybridized carbons (Fsp3) is 0.273. The van der Waals surface area contributed by atoms with Crippen LogP contribution in [0.1, 0.15) is 27.5 Å². The molecule has 1 N–H and O–H groups in total. The molecule has 0 fully saturated rings. The summed E-state index contributed by atoms with van der Waals surface area (Å²) in [6, 6.07) is 0. The summed E-state index contributed by atoms with van der Waals surface area (Å²) in [4.78, 5) is 19.5. The minimum absolute atomic E-state index is 0.175. The van der Waals surface area contributed by atoms with Crippen LogP contribution in [0.5, 0.6) is 0 Å². The zero-order valence-corrected chi connectivity index (χ0v) is 10.7. The first kappa shape index (κ1) is 12.5. The number of nitrogens with zero attached hydrogens (tertiary/aromatic N) is 3. The first-order chi connectivity index (χ1) is 8.58. The normalized spacial score (nSPS) is 10.4. The third-order valence-electron chi connectivity index (χ3n) is 2.44. The molecule has 1 amide bonds. The molecule has 0 aliphatic heterocycles.